The molecule has 0 aliphatic rings. The second-order valence-electron chi connectivity index (χ2n) is 6.35. The third kappa shape index (κ3) is 3.31. The van der Waals surface area contributed by atoms with Gasteiger partial charge < -0.3 is 4.74 Å². The monoisotopic (exact) mass is 387 g/mol. The molecule has 3 aromatic heterocycles. The van der Waals surface area contributed by atoms with Crippen LogP contribution in [-0.4, -0.2) is 33.5 Å². The van der Waals surface area contributed by atoms with Gasteiger partial charge in [0.1, 0.15) is 11.5 Å². The molecule has 0 aliphatic carbocycles. The Hall–Kier alpha value is -3.74. The molecule has 0 unspecified atom stereocenters. The Morgan fingerprint density at radius 1 is 1.07 bits per heavy atom. The van der Waals surface area contributed by atoms with Gasteiger partial charge in [0, 0.05) is 40.7 Å². The second-order valence-corrected chi connectivity index (χ2v) is 6.35. The highest BCUT2D eigenvalue weighted by Crippen LogP contribution is 2.37. The summed E-state index contributed by atoms with van der Waals surface area (Å²) in [5, 5.41) is 10.2. The van der Waals surface area contributed by atoms with Gasteiger partial charge in [0.15, 0.2) is 5.82 Å². The first-order valence-corrected chi connectivity index (χ1v) is 9.04. The normalized spacial score (nSPS) is 11.3. The van der Waals surface area contributed by atoms with E-state index in [0.717, 1.165) is 21.9 Å². The molecular weight excluding hydrogens is 369 g/mol. The number of pyridine rings is 2. The molecule has 29 heavy (non-hydrogen) atoms. The molecule has 0 fully saturated rings. The number of hydrogen-bond donors (Lipinski definition) is 0. The van der Waals surface area contributed by atoms with E-state index in [1.807, 2.05) is 26.0 Å². The van der Waals surface area contributed by atoms with Crippen LogP contribution in [0.15, 0.2) is 53.8 Å². The molecule has 0 N–H and O–H groups in total. The number of hydrogen-bond acceptors (Lipinski definition) is 6. The van der Waals surface area contributed by atoms with Gasteiger partial charge in [-0.05, 0) is 38.1 Å². The van der Waals surface area contributed by atoms with Gasteiger partial charge in [-0.3, -0.25) is 4.98 Å². The van der Waals surface area contributed by atoms with Gasteiger partial charge in [-0.15, -0.1) is 10.2 Å². The van der Waals surface area contributed by atoms with E-state index in [1.165, 1.54) is 13.2 Å². The van der Waals surface area contributed by atoms with Crippen LogP contribution in [0, 0.1) is 12.7 Å². The van der Waals surface area contributed by atoms with Crippen LogP contribution >= 0.6 is 0 Å². The number of aromatic nitrogens is 4. The lowest BCUT2D eigenvalue weighted by Crippen LogP contribution is -1.99. The molecule has 0 spiro atoms. The highest BCUT2D eigenvalue weighted by Gasteiger charge is 2.18. The molecule has 0 atom stereocenters. The van der Waals surface area contributed by atoms with Crippen LogP contribution in [0.25, 0.3) is 33.3 Å². The SMILES string of the molecule is C/C=N\c1nc(-c2ccccc2F)cc(-c2nnc(OC)c3cnccc23)c1C. The fraction of sp³-hybridized carbons (Fsp3) is 0.136. The summed E-state index contributed by atoms with van der Waals surface area (Å²) in [4.78, 5) is 13.1. The summed E-state index contributed by atoms with van der Waals surface area (Å²) in [6, 6.07) is 10.2. The van der Waals surface area contributed by atoms with Crippen LogP contribution < -0.4 is 4.74 Å². The second kappa shape index (κ2) is 7.71. The fourth-order valence-electron chi connectivity index (χ4n) is 3.22. The lowest BCUT2D eigenvalue weighted by atomic mass is 9.99. The molecule has 0 saturated carbocycles. The van der Waals surface area contributed by atoms with Crippen LogP contribution in [0.4, 0.5) is 10.2 Å². The quantitative estimate of drug-likeness (QED) is 0.464. The van der Waals surface area contributed by atoms with E-state index >= 15 is 0 Å². The van der Waals surface area contributed by atoms with Gasteiger partial charge in [0.2, 0.25) is 5.88 Å². The molecule has 1 aromatic carbocycles. The third-order valence-corrected chi connectivity index (χ3v) is 4.64. The van der Waals surface area contributed by atoms with Crippen molar-refractivity contribution in [2.75, 3.05) is 7.11 Å². The maximum Gasteiger partial charge on any atom is 0.242 e. The number of ether oxygens (including phenoxy) is 1. The van der Waals surface area contributed by atoms with E-state index in [9.17, 15) is 4.39 Å². The molecule has 7 heteroatoms. The van der Waals surface area contributed by atoms with Crippen molar-refractivity contribution in [3.8, 4) is 28.4 Å². The van der Waals surface area contributed by atoms with Gasteiger partial charge in [0.05, 0.1) is 18.2 Å². The number of nitrogens with zero attached hydrogens (tertiary/aromatic N) is 5. The standard InChI is InChI=1S/C22H18FN5O/c1-4-25-21-13(2)16(11-19(26-21)15-7-5-6-8-18(15)23)20-14-9-10-24-12-17(14)22(29-3)28-27-20/h4-12H,1-3H3/b25-4-. The summed E-state index contributed by atoms with van der Waals surface area (Å²) >= 11 is 0. The zero-order valence-corrected chi connectivity index (χ0v) is 16.2. The van der Waals surface area contributed by atoms with E-state index in [-0.39, 0.29) is 5.82 Å². The predicted octanol–water partition coefficient (Wildman–Crippen LogP) is 4.93. The lowest BCUT2D eigenvalue weighted by Gasteiger charge is -2.13. The summed E-state index contributed by atoms with van der Waals surface area (Å²) in [6.07, 6.45) is 5.03. The van der Waals surface area contributed by atoms with E-state index in [4.69, 9.17) is 4.74 Å². The first-order valence-electron chi connectivity index (χ1n) is 9.04. The Morgan fingerprint density at radius 3 is 2.66 bits per heavy atom. The number of methoxy groups -OCH3 is 1. The number of aliphatic imine (C=N–C) groups is 1. The number of fused-ring (bicyclic) bond motifs is 1. The van der Waals surface area contributed by atoms with E-state index in [1.54, 1.807) is 36.8 Å². The fourth-order valence-corrected chi connectivity index (χ4v) is 3.22. The first-order chi connectivity index (χ1) is 14.1. The van der Waals surface area contributed by atoms with Gasteiger partial charge in [-0.25, -0.2) is 14.4 Å². The minimum Gasteiger partial charge on any atom is -0.479 e. The topological polar surface area (TPSA) is 73.2 Å². The Morgan fingerprint density at radius 2 is 1.90 bits per heavy atom. The number of halogens is 1. The Kier molecular flexibility index (Phi) is 4.95. The van der Waals surface area contributed by atoms with Gasteiger partial charge in [-0.2, -0.15) is 0 Å². The highest BCUT2D eigenvalue weighted by molar-refractivity contribution is 5.98. The lowest BCUT2D eigenvalue weighted by molar-refractivity contribution is 0.398. The predicted molar refractivity (Wildman–Crippen MR) is 111 cm³/mol. The van der Waals surface area contributed by atoms with Crippen LogP contribution in [0.2, 0.25) is 0 Å². The molecule has 0 radical (unpaired) electrons. The summed E-state index contributed by atoms with van der Waals surface area (Å²) in [7, 11) is 1.54. The number of benzene rings is 1. The molecule has 144 valence electrons. The smallest absolute Gasteiger partial charge is 0.242 e. The average Bonchev–Trinajstić information content (AvgIpc) is 2.75. The van der Waals surface area contributed by atoms with Crippen LogP contribution in [0.3, 0.4) is 0 Å². The highest BCUT2D eigenvalue weighted by atomic mass is 19.1. The van der Waals surface area contributed by atoms with E-state index in [2.05, 4.69) is 25.2 Å². The van der Waals surface area contributed by atoms with Crippen LogP contribution in [0.5, 0.6) is 5.88 Å². The zero-order chi connectivity index (χ0) is 20.4. The van der Waals surface area contributed by atoms with Crippen molar-refractivity contribution >= 4 is 22.8 Å². The Labute approximate surface area is 167 Å². The zero-order valence-electron chi connectivity index (χ0n) is 16.2. The average molecular weight is 387 g/mol. The third-order valence-electron chi connectivity index (χ3n) is 4.64. The Balaban J connectivity index is 2.04. The van der Waals surface area contributed by atoms with Crippen molar-refractivity contribution in [3.63, 3.8) is 0 Å². The van der Waals surface area contributed by atoms with Gasteiger partial charge in [-0.1, -0.05) is 12.1 Å². The molecule has 0 aliphatic heterocycles. The van der Waals surface area contributed by atoms with Crippen molar-refractivity contribution < 1.29 is 9.13 Å². The van der Waals surface area contributed by atoms with Crippen molar-refractivity contribution in [1.82, 2.24) is 20.2 Å². The summed E-state index contributed by atoms with van der Waals surface area (Å²) in [6.45, 7) is 3.72. The minimum absolute atomic E-state index is 0.351. The molecule has 6 nitrogen and oxygen atoms in total. The molecule has 0 saturated heterocycles. The first kappa shape index (κ1) is 18.6. The summed E-state index contributed by atoms with van der Waals surface area (Å²) in [5.41, 5.74) is 3.09. The van der Waals surface area contributed by atoms with E-state index in [0.29, 0.717) is 28.6 Å². The van der Waals surface area contributed by atoms with Crippen LogP contribution in [-0.2, 0) is 0 Å². The van der Waals surface area contributed by atoms with Crippen molar-refractivity contribution in [1.29, 1.82) is 0 Å². The van der Waals surface area contributed by atoms with Crippen LogP contribution in [0.1, 0.15) is 12.5 Å². The van der Waals surface area contributed by atoms with E-state index < -0.39 is 0 Å². The largest absolute Gasteiger partial charge is 0.479 e. The molecule has 4 aromatic rings. The Bertz CT molecular complexity index is 1240. The van der Waals surface area contributed by atoms with Crippen molar-refractivity contribution in [3.05, 3.63) is 60.2 Å². The molecule has 4 rings (SSSR count). The molecule has 0 amide bonds. The minimum atomic E-state index is -0.351. The van der Waals surface area contributed by atoms with Gasteiger partial charge in [0.25, 0.3) is 0 Å². The van der Waals surface area contributed by atoms with Crippen molar-refractivity contribution in [2.24, 2.45) is 4.99 Å². The maximum absolute atomic E-state index is 14.4. The summed E-state index contributed by atoms with van der Waals surface area (Å²) < 4.78 is 19.8. The number of rotatable bonds is 4. The summed E-state index contributed by atoms with van der Waals surface area (Å²) in [5.74, 6) is 0.545. The molecule has 0 bridgehead atoms. The molecule has 3 heterocycles. The maximum atomic E-state index is 14.4. The van der Waals surface area contributed by atoms with Gasteiger partial charge >= 0.3 is 0 Å². The van der Waals surface area contributed by atoms with Crippen molar-refractivity contribution in [2.45, 2.75) is 13.8 Å². The molecular formula is C22H18FN5O.